The van der Waals surface area contributed by atoms with Gasteiger partial charge < -0.3 is 5.32 Å². The average molecular weight is 337 g/mol. The van der Waals surface area contributed by atoms with Crippen molar-refractivity contribution >= 4 is 22.6 Å². The van der Waals surface area contributed by atoms with E-state index >= 15 is 0 Å². The lowest BCUT2D eigenvalue weighted by Gasteiger charge is -2.05. The molecule has 1 amide bonds. The summed E-state index contributed by atoms with van der Waals surface area (Å²) in [7, 11) is 0. The Morgan fingerprint density at radius 2 is 1.88 bits per heavy atom. The first-order chi connectivity index (χ1) is 12.2. The molecule has 7 heteroatoms. The molecule has 0 unspecified atom stereocenters. The number of anilines is 1. The highest BCUT2D eigenvalue weighted by molar-refractivity contribution is 5.89. The van der Waals surface area contributed by atoms with Gasteiger partial charge in [-0.1, -0.05) is 29.8 Å². The van der Waals surface area contributed by atoms with Crippen molar-refractivity contribution in [1.29, 1.82) is 0 Å². The normalized spacial score (nSPS) is 10.7. The van der Waals surface area contributed by atoms with Crippen LogP contribution in [0.3, 0.4) is 0 Å². The molecule has 0 aliphatic heterocycles. The minimum absolute atomic E-state index is 0.0543. The monoisotopic (exact) mass is 337 g/mol. The Hall–Kier alpha value is -3.09. The van der Waals surface area contributed by atoms with Crippen molar-refractivity contribution in [2.75, 3.05) is 5.32 Å². The van der Waals surface area contributed by atoms with E-state index in [1.165, 1.54) is 4.68 Å². The standard InChI is InChI=1S/C18H19N5O2/c24-17(20-16-10-5-6-12-19-16)11-2-1-7-13-23-18(25)14-8-3-4-9-15(14)21-22-23/h3-6,8-10,12H,1-2,7,11,13H2,(H,19,20,24). The van der Waals surface area contributed by atoms with Gasteiger partial charge in [-0.3, -0.25) is 9.59 Å². The highest BCUT2D eigenvalue weighted by atomic mass is 16.1. The van der Waals surface area contributed by atoms with Crippen LogP contribution in [0, 0.1) is 0 Å². The van der Waals surface area contributed by atoms with Crippen LogP contribution in [0.15, 0.2) is 53.5 Å². The Morgan fingerprint density at radius 1 is 1.04 bits per heavy atom. The second-order valence-electron chi connectivity index (χ2n) is 5.71. The van der Waals surface area contributed by atoms with E-state index in [9.17, 15) is 9.59 Å². The van der Waals surface area contributed by atoms with Crippen LogP contribution in [0.2, 0.25) is 0 Å². The highest BCUT2D eigenvalue weighted by Gasteiger charge is 2.05. The fraction of sp³-hybridized carbons (Fsp3) is 0.278. The van der Waals surface area contributed by atoms with Gasteiger partial charge in [0.2, 0.25) is 5.91 Å². The zero-order valence-corrected chi connectivity index (χ0v) is 13.8. The summed E-state index contributed by atoms with van der Waals surface area (Å²) in [6, 6.07) is 12.5. The fourth-order valence-corrected chi connectivity index (χ4v) is 2.54. The first kappa shape index (κ1) is 16.8. The molecule has 0 atom stereocenters. The number of amides is 1. The predicted octanol–water partition coefficient (Wildman–Crippen LogP) is 2.39. The maximum Gasteiger partial charge on any atom is 0.277 e. The summed E-state index contributed by atoms with van der Waals surface area (Å²) >= 11 is 0. The van der Waals surface area contributed by atoms with Crippen molar-refractivity contribution in [1.82, 2.24) is 20.0 Å². The maximum atomic E-state index is 12.3. The van der Waals surface area contributed by atoms with E-state index in [-0.39, 0.29) is 11.5 Å². The van der Waals surface area contributed by atoms with Crippen LogP contribution in [0.5, 0.6) is 0 Å². The molecule has 1 aromatic carbocycles. The van der Waals surface area contributed by atoms with Gasteiger partial charge in [0.15, 0.2) is 0 Å². The molecule has 2 aromatic heterocycles. The smallest absolute Gasteiger partial charge is 0.277 e. The van der Waals surface area contributed by atoms with E-state index in [2.05, 4.69) is 20.6 Å². The van der Waals surface area contributed by atoms with Crippen LogP contribution in [0.4, 0.5) is 5.82 Å². The topological polar surface area (TPSA) is 89.8 Å². The van der Waals surface area contributed by atoms with Gasteiger partial charge >= 0.3 is 0 Å². The van der Waals surface area contributed by atoms with Crippen LogP contribution < -0.4 is 10.9 Å². The molecular formula is C18H19N5O2. The van der Waals surface area contributed by atoms with Gasteiger partial charge in [-0.2, -0.15) is 0 Å². The largest absolute Gasteiger partial charge is 0.311 e. The van der Waals surface area contributed by atoms with Gasteiger partial charge in [0.1, 0.15) is 11.3 Å². The number of pyridine rings is 1. The second kappa shape index (κ2) is 8.14. The zero-order valence-electron chi connectivity index (χ0n) is 13.8. The Bertz CT molecular complexity index is 908. The molecule has 0 saturated carbocycles. The van der Waals surface area contributed by atoms with E-state index in [0.717, 1.165) is 19.3 Å². The third kappa shape index (κ3) is 4.47. The number of hydrogen-bond donors (Lipinski definition) is 1. The number of aryl methyl sites for hydroxylation is 1. The van der Waals surface area contributed by atoms with Crippen molar-refractivity contribution < 1.29 is 4.79 Å². The molecule has 0 aliphatic rings. The maximum absolute atomic E-state index is 12.3. The molecule has 3 rings (SSSR count). The first-order valence-electron chi connectivity index (χ1n) is 8.27. The molecule has 2 heterocycles. The Kier molecular flexibility index (Phi) is 5.46. The number of nitrogens with one attached hydrogen (secondary N) is 1. The fourth-order valence-electron chi connectivity index (χ4n) is 2.54. The molecule has 0 fully saturated rings. The average Bonchev–Trinajstić information content (AvgIpc) is 2.64. The van der Waals surface area contributed by atoms with Crippen molar-refractivity contribution in [3.8, 4) is 0 Å². The summed E-state index contributed by atoms with van der Waals surface area (Å²) in [4.78, 5) is 28.2. The summed E-state index contributed by atoms with van der Waals surface area (Å²) in [6.07, 6.45) is 4.40. The quantitative estimate of drug-likeness (QED) is 0.669. The minimum Gasteiger partial charge on any atom is -0.311 e. The van der Waals surface area contributed by atoms with Crippen LogP contribution in [-0.2, 0) is 11.3 Å². The summed E-state index contributed by atoms with van der Waals surface area (Å²) in [6.45, 7) is 0.499. The molecule has 0 aliphatic carbocycles. The summed E-state index contributed by atoms with van der Waals surface area (Å²) in [5, 5.41) is 11.3. The van der Waals surface area contributed by atoms with Gasteiger partial charge in [-0.15, -0.1) is 5.10 Å². The van der Waals surface area contributed by atoms with Crippen molar-refractivity contribution in [2.45, 2.75) is 32.2 Å². The lowest BCUT2D eigenvalue weighted by molar-refractivity contribution is -0.116. The summed E-state index contributed by atoms with van der Waals surface area (Å²) < 4.78 is 1.39. The molecule has 0 radical (unpaired) electrons. The lowest BCUT2D eigenvalue weighted by Crippen LogP contribution is -2.24. The molecule has 128 valence electrons. The number of benzene rings is 1. The van der Waals surface area contributed by atoms with Crippen LogP contribution in [-0.4, -0.2) is 25.9 Å². The molecule has 3 aromatic rings. The van der Waals surface area contributed by atoms with Crippen LogP contribution >= 0.6 is 0 Å². The predicted molar refractivity (Wildman–Crippen MR) is 95.1 cm³/mol. The molecule has 1 N–H and O–H groups in total. The van der Waals surface area contributed by atoms with Crippen LogP contribution in [0.25, 0.3) is 10.9 Å². The van der Waals surface area contributed by atoms with Gasteiger partial charge in [-0.05, 0) is 37.1 Å². The molecule has 0 bridgehead atoms. The van der Waals surface area contributed by atoms with Gasteiger partial charge in [0.05, 0.1) is 5.39 Å². The third-order valence-corrected chi connectivity index (χ3v) is 3.84. The van der Waals surface area contributed by atoms with E-state index in [1.807, 2.05) is 18.2 Å². The molecular weight excluding hydrogens is 318 g/mol. The minimum atomic E-state index is -0.126. The van der Waals surface area contributed by atoms with E-state index in [0.29, 0.717) is 29.7 Å². The number of nitrogens with zero attached hydrogens (tertiary/aromatic N) is 4. The van der Waals surface area contributed by atoms with E-state index in [1.54, 1.807) is 30.5 Å². The number of fused-ring (bicyclic) bond motifs is 1. The van der Waals surface area contributed by atoms with Crippen molar-refractivity contribution in [3.05, 3.63) is 59.0 Å². The number of rotatable bonds is 7. The Labute approximate surface area is 144 Å². The Morgan fingerprint density at radius 3 is 2.72 bits per heavy atom. The number of aromatic nitrogens is 4. The molecule has 0 spiro atoms. The van der Waals surface area contributed by atoms with Gasteiger partial charge in [-0.25, -0.2) is 9.67 Å². The summed E-state index contributed by atoms with van der Waals surface area (Å²) in [5.41, 5.74) is 0.480. The van der Waals surface area contributed by atoms with Crippen LogP contribution in [0.1, 0.15) is 25.7 Å². The molecule has 25 heavy (non-hydrogen) atoms. The lowest BCUT2D eigenvalue weighted by atomic mass is 10.2. The van der Waals surface area contributed by atoms with Gasteiger partial charge in [0, 0.05) is 19.2 Å². The number of carbonyl (C=O) groups is 1. The van der Waals surface area contributed by atoms with E-state index < -0.39 is 0 Å². The number of unbranched alkanes of at least 4 members (excludes halogenated alkanes) is 2. The Balaban J connectivity index is 1.44. The number of carbonyl (C=O) groups excluding carboxylic acids is 1. The number of hydrogen-bond acceptors (Lipinski definition) is 5. The first-order valence-corrected chi connectivity index (χ1v) is 8.27. The molecule has 0 saturated heterocycles. The second-order valence-corrected chi connectivity index (χ2v) is 5.71. The van der Waals surface area contributed by atoms with E-state index in [4.69, 9.17) is 0 Å². The van der Waals surface area contributed by atoms with Crippen molar-refractivity contribution in [2.24, 2.45) is 0 Å². The summed E-state index contributed by atoms with van der Waals surface area (Å²) in [5.74, 6) is 0.506. The molecule has 7 nitrogen and oxygen atoms in total. The SMILES string of the molecule is O=C(CCCCCn1nnc2ccccc2c1=O)Nc1ccccn1. The van der Waals surface area contributed by atoms with Gasteiger partial charge in [0.25, 0.3) is 5.56 Å². The zero-order chi connectivity index (χ0) is 17.5. The third-order valence-electron chi connectivity index (χ3n) is 3.84. The van der Waals surface area contributed by atoms with Crippen molar-refractivity contribution in [3.63, 3.8) is 0 Å². The highest BCUT2D eigenvalue weighted by Crippen LogP contribution is 2.06.